The Kier molecular flexibility index (Phi) is 8.03. The number of aromatic nitrogens is 4. The highest BCUT2D eigenvalue weighted by Gasteiger charge is 2.18. The van der Waals surface area contributed by atoms with Gasteiger partial charge in [-0.3, -0.25) is 0 Å². The van der Waals surface area contributed by atoms with Gasteiger partial charge in [0, 0.05) is 11.3 Å². The minimum absolute atomic E-state index is 0.00156. The first-order valence-electron chi connectivity index (χ1n) is 10.1. The van der Waals surface area contributed by atoms with Crippen molar-refractivity contribution in [3.8, 4) is 17.3 Å². The standard InChI is InChI=1S/C19H14FN7.2C2H6/c20-15-12(8-21)2-1-3-14(15)16-17-18(26-19(23)25-16)27(10-24-17)9-11-4-6-13(22)7-5-11;2*1-2/h1-7,10H,9,22H2,(H2,23,25,26);2*1-2H3. The molecule has 7 nitrogen and oxygen atoms in total. The van der Waals surface area contributed by atoms with Crippen LogP contribution in [0.4, 0.5) is 16.0 Å². The molecule has 0 radical (unpaired) electrons. The predicted molar refractivity (Wildman–Crippen MR) is 122 cm³/mol. The number of fused-ring (bicyclic) bond motifs is 1. The van der Waals surface area contributed by atoms with Gasteiger partial charge in [0.25, 0.3) is 0 Å². The van der Waals surface area contributed by atoms with Crippen LogP contribution < -0.4 is 11.5 Å². The van der Waals surface area contributed by atoms with Gasteiger partial charge in [0.05, 0.1) is 18.4 Å². The van der Waals surface area contributed by atoms with Crippen molar-refractivity contribution < 1.29 is 4.39 Å². The second-order valence-corrected chi connectivity index (χ2v) is 6.00. The van der Waals surface area contributed by atoms with E-state index >= 15 is 0 Å². The highest BCUT2D eigenvalue weighted by Crippen LogP contribution is 2.29. The lowest BCUT2D eigenvalue weighted by atomic mass is 10.1. The summed E-state index contributed by atoms with van der Waals surface area (Å²) >= 11 is 0. The van der Waals surface area contributed by atoms with E-state index in [9.17, 15) is 4.39 Å². The second-order valence-electron chi connectivity index (χ2n) is 6.00. The van der Waals surface area contributed by atoms with Crippen molar-refractivity contribution in [1.29, 1.82) is 5.26 Å². The minimum Gasteiger partial charge on any atom is -0.399 e. The molecule has 2 aromatic heterocycles. The van der Waals surface area contributed by atoms with Crippen LogP contribution in [0.1, 0.15) is 38.8 Å². The molecule has 0 atom stereocenters. The van der Waals surface area contributed by atoms with Crippen LogP contribution in [0.25, 0.3) is 22.4 Å². The molecule has 0 aliphatic carbocycles. The summed E-state index contributed by atoms with van der Waals surface area (Å²) in [5, 5.41) is 9.07. The van der Waals surface area contributed by atoms with Gasteiger partial charge >= 0.3 is 0 Å². The number of nitrogens with two attached hydrogens (primary N) is 2. The fourth-order valence-electron chi connectivity index (χ4n) is 2.89. The molecule has 4 N–H and O–H groups in total. The summed E-state index contributed by atoms with van der Waals surface area (Å²) in [6.07, 6.45) is 1.60. The van der Waals surface area contributed by atoms with E-state index in [4.69, 9.17) is 16.7 Å². The van der Waals surface area contributed by atoms with E-state index in [-0.39, 0.29) is 22.8 Å². The molecule has 0 amide bonds. The number of hydrogen-bond donors (Lipinski definition) is 2. The molecule has 0 saturated heterocycles. The quantitative estimate of drug-likeness (QED) is 0.462. The van der Waals surface area contributed by atoms with Gasteiger partial charge in [0.2, 0.25) is 5.95 Å². The normalized spacial score (nSPS) is 9.81. The molecule has 4 rings (SSSR count). The van der Waals surface area contributed by atoms with E-state index in [1.54, 1.807) is 17.0 Å². The zero-order valence-electron chi connectivity index (χ0n) is 18.1. The third-order valence-electron chi connectivity index (χ3n) is 4.19. The summed E-state index contributed by atoms with van der Waals surface area (Å²) in [4.78, 5) is 12.8. The zero-order valence-corrected chi connectivity index (χ0v) is 18.1. The first-order valence-corrected chi connectivity index (χ1v) is 10.1. The Bertz CT molecular complexity index is 1190. The minimum atomic E-state index is -0.660. The van der Waals surface area contributed by atoms with Crippen LogP contribution in [0.2, 0.25) is 0 Å². The maximum atomic E-state index is 14.6. The molecular weight excluding hydrogens is 393 g/mol. The molecule has 2 heterocycles. The van der Waals surface area contributed by atoms with Crippen molar-refractivity contribution in [2.45, 2.75) is 34.2 Å². The van der Waals surface area contributed by atoms with Gasteiger partial charge in [-0.2, -0.15) is 10.2 Å². The summed E-state index contributed by atoms with van der Waals surface area (Å²) in [5.74, 6) is -0.661. The predicted octanol–water partition coefficient (Wildman–Crippen LogP) is 4.77. The molecule has 0 spiro atoms. The van der Waals surface area contributed by atoms with Gasteiger partial charge in [-0.25, -0.2) is 14.4 Å². The van der Waals surface area contributed by atoms with E-state index in [2.05, 4.69) is 15.0 Å². The lowest BCUT2D eigenvalue weighted by Gasteiger charge is -2.08. The van der Waals surface area contributed by atoms with E-state index in [0.29, 0.717) is 23.4 Å². The Labute approximate surface area is 181 Å². The number of hydrogen-bond acceptors (Lipinski definition) is 6. The zero-order chi connectivity index (χ0) is 23.0. The van der Waals surface area contributed by atoms with Crippen LogP contribution in [0, 0.1) is 17.1 Å². The Balaban J connectivity index is 0.000000807. The summed E-state index contributed by atoms with van der Waals surface area (Å²) in [5.41, 5.74) is 14.5. The van der Waals surface area contributed by atoms with Crippen LogP contribution in [-0.4, -0.2) is 19.5 Å². The highest BCUT2D eigenvalue weighted by molar-refractivity contribution is 5.88. The number of anilines is 2. The summed E-state index contributed by atoms with van der Waals surface area (Å²) < 4.78 is 16.4. The lowest BCUT2D eigenvalue weighted by Crippen LogP contribution is -2.04. The monoisotopic (exact) mass is 419 g/mol. The molecule has 160 valence electrons. The maximum Gasteiger partial charge on any atom is 0.222 e. The largest absolute Gasteiger partial charge is 0.399 e. The molecule has 0 saturated carbocycles. The van der Waals surface area contributed by atoms with E-state index in [1.807, 2.05) is 58.0 Å². The van der Waals surface area contributed by atoms with Crippen molar-refractivity contribution in [2.75, 3.05) is 11.5 Å². The van der Waals surface area contributed by atoms with Crippen LogP contribution in [0.5, 0.6) is 0 Å². The Morgan fingerprint density at radius 1 is 1.00 bits per heavy atom. The number of imidazole rings is 1. The fraction of sp³-hybridized carbons (Fsp3) is 0.217. The van der Waals surface area contributed by atoms with Crippen molar-refractivity contribution in [3.05, 3.63) is 65.7 Å². The van der Waals surface area contributed by atoms with Crippen LogP contribution >= 0.6 is 0 Å². The highest BCUT2D eigenvalue weighted by atomic mass is 19.1. The number of nitrogens with zero attached hydrogens (tertiary/aromatic N) is 5. The second kappa shape index (κ2) is 10.7. The topological polar surface area (TPSA) is 119 Å². The third-order valence-corrected chi connectivity index (χ3v) is 4.19. The van der Waals surface area contributed by atoms with Gasteiger partial charge in [0.1, 0.15) is 23.1 Å². The third kappa shape index (κ3) is 4.95. The number of benzene rings is 2. The van der Waals surface area contributed by atoms with Crippen molar-refractivity contribution >= 4 is 22.8 Å². The van der Waals surface area contributed by atoms with Gasteiger partial charge in [-0.05, 0) is 29.8 Å². The SMILES string of the molecule is CC.CC.N#Cc1cccc(-c2nc(N)nc3c2ncn3Cc2ccc(N)cc2)c1F. The average Bonchev–Trinajstić information content (AvgIpc) is 3.20. The van der Waals surface area contributed by atoms with Gasteiger partial charge in [0.15, 0.2) is 5.65 Å². The van der Waals surface area contributed by atoms with Crippen LogP contribution in [-0.2, 0) is 6.54 Å². The molecule has 0 unspecified atom stereocenters. The van der Waals surface area contributed by atoms with Crippen molar-refractivity contribution in [1.82, 2.24) is 19.5 Å². The average molecular weight is 420 g/mol. The number of nitrogen functional groups attached to an aromatic ring is 2. The van der Waals surface area contributed by atoms with Crippen molar-refractivity contribution in [3.63, 3.8) is 0 Å². The number of halogens is 1. The first kappa shape index (κ1) is 23.3. The fourth-order valence-corrected chi connectivity index (χ4v) is 2.89. The number of rotatable bonds is 3. The number of nitriles is 1. The molecule has 8 heteroatoms. The molecule has 0 fully saturated rings. The van der Waals surface area contributed by atoms with Gasteiger partial charge in [-0.15, -0.1) is 0 Å². The molecule has 31 heavy (non-hydrogen) atoms. The molecular formula is C23H26FN7. The smallest absolute Gasteiger partial charge is 0.222 e. The molecule has 2 aromatic carbocycles. The first-order chi connectivity index (χ1) is 15.1. The Morgan fingerprint density at radius 2 is 1.68 bits per heavy atom. The summed E-state index contributed by atoms with van der Waals surface area (Å²) in [7, 11) is 0. The van der Waals surface area contributed by atoms with Crippen LogP contribution in [0.15, 0.2) is 48.8 Å². The van der Waals surface area contributed by atoms with Crippen LogP contribution in [0.3, 0.4) is 0 Å². The van der Waals surface area contributed by atoms with E-state index in [1.165, 1.54) is 12.1 Å². The summed E-state index contributed by atoms with van der Waals surface area (Å²) in [6.45, 7) is 8.49. The molecule has 0 bridgehead atoms. The van der Waals surface area contributed by atoms with E-state index in [0.717, 1.165) is 5.56 Å². The summed E-state index contributed by atoms with van der Waals surface area (Å²) in [6, 6.07) is 13.8. The molecule has 0 aliphatic heterocycles. The van der Waals surface area contributed by atoms with Crippen molar-refractivity contribution in [2.24, 2.45) is 0 Å². The molecule has 4 aromatic rings. The van der Waals surface area contributed by atoms with Gasteiger partial charge < -0.3 is 16.0 Å². The Morgan fingerprint density at radius 3 is 2.32 bits per heavy atom. The lowest BCUT2D eigenvalue weighted by molar-refractivity contribution is 0.627. The maximum absolute atomic E-state index is 14.6. The van der Waals surface area contributed by atoms with Gasteiger partial charge in [-0.1, -0.05) is 45.9 Å². The molecule has 0 aliphatic rings. The Hall–Kier alpha value is -3.99. The van der Waals surface area contributed by atoms with E-state index < -0.39 is 5.82 Å².